The number of carbonyl (C=O) groups is 1. The molecular weight excluding hydrogens is 202 g/mol. The molecule has 1 amide bonds. The Hall–Kier alpha value is -1.29. The third-order valence-corrected chi connectivity index (χ3v) is 3.20. The number of piperidine rings is 1. The smallest absolute Gasteiger partial charge is 0.219 e. The fourth-order valence-corrected chi connectivity index (χ4v) is 2.13. The Bertz CT molecular complexity index is 326. The molecular formula is C12H19N3O. The summed E-state index contributed by atoms with van der Waals surface area (Å²) in [5.41, 5.74) is 1.29. The van der Waals surface area contributed by atoms with Gasteiger partial charge in [0.25, 0.3) is 0 Å². The number of H-pyrrole nitrogens is 1. The van der Waals surface area contributed by atoms with Gasteiger partial charge in [-0.2, -0.15) is 0 Å². The lowest BCUT2D eigenvalue weighted by Gasteiger charge is -2.31. The molecule has 0 saturated carbocycles. The highest BCUT2D eigenvalue weighted by Crippen LogP contribution is 2.11. The van der Waals surface area contributed by atoms with Crippen molar-refractivity contribution in [2.24, 2.45) is 0 Å². The van der Waals surface area contributed by atoms with E-state index < -0.39 is 0 Å². The lowest BCUT2D eigenvalue weighted by Crippen LogP contribution is -2.43. The van der Waals surface area contributed by atoms with Crippen molar-refractivity contribution in [2.75, 3.05) is 13.1 Å². The summed E-state index contributed by atoms with van der Waals surface area (Å²) in [6, 6.07) is 2.63. The SMILES string of the molecule is CC(=O)N1CCC(NCc2cc[nH]c2)CC1. The monoisotopic (exact) mass is 221 g/mol. The zero-order chi connectivity index (χ0) is 11.4. The van der Waals surface area contributed by atoms with Gasteiger partial charge >= 0.3 is 0 Å². The highest BCUT2D eigenvalue weighted by molar-refractivity contribution is 5.73. The van der Waals surface area contributed by atoms with Crippen molar-refractivity contribution in [2.45, 2.75) is 32.4 Å². The van der Waals surface area contributed by atoms with Gasteiger partial charge in [0.05, 0.1) is 0 Å². The van der Waals surface area contributed by atoms with E-state index in [9.17, 15) is 4.79 Å². The van der Waals surface area contributed by atoms with Crippen LogP contribution in [0.5, 0.6) is 0 Å². The first kappa shape index (κ1) is 11.2. The first-order chi connectivity index (χ1) is 7.75. The van der Waals surface area contributed by atoms with Crippen molar-refractivity contribution in [3.63, 3.8) is 0 Å². The molecule has 1 aliphatic rings. The minimum absolute atomic E-state index is 0.198. The molecule has 0 bridgehead atoms. The quantitative estimate of drug-likeness (QED) is 0.803. The summed E-state index contributed by atoms with van der Waals surface area (Å²) in [5, 5.41) is 3.53. The molecule has 1 aromatic heterocycles. The number of rotatable bonds is 3. The van der Waals surface area contributed by atoms with E-state index in [-0.39, 0.29) is 5.91 Å². The largest absolute Gasteiger partial charge is 0.367 e. The number of amides is 1. The van der Waals surface area contributed by atoms with Gasteiger partial charge in [-0.3, -0.25) is 4.79 Å². The third kappa shape index (κ3) is 2.85. The van der Waals surface area contributed by atoms with Crippen molar-refractivity contribution >= 4 is 5.91 Å². The first-order valence-corrected chi connectivity index (χ1v) is 5.86. The Labute approximate surface area is 96.0 Å². The minimum Gasteiger partial charge on any atom is -0.367 e. The topological polar surface area (TPSA) is 48.1 Å². The maximum atomic E-state index is 11.2. The van der Waals surface area contributed by atoms with Gasteiger partial charge in [0.1, 0.15) is 0 Å². The highest BCUT2D eigenvalue weighted by Gasteiger charge is 2.19. The number of likely N-dealkylation sites (tertiary alicyclic amines) is 1. The molecule has 16 heavy (non-hydrogen) atoms. The van der Waals surface area contributed by atoms with Gasteiger partial charge in [-0.25, -0.2) is 0 Å². The Morgan fingerprint density at radius 2 is 2.31 bits per heavy atom. The molecule has 0 unspecified atom stereocenters. The second-order valence-electron chi connectivity index (χ2n) is 4.38. The van der Waals surface area contributed by atoms with E-state index in [1.165, 1.54) is 5.56 Å². The van der Waals surface area contributed by atoms with Crippen LogP contribution in [0.1, 0.15) is 25.3 Å². The molecule has 1 fully saturated rings. The van der Waals surface area contributed by atoms with Crippen LogP contribution in [-0.4, -0.2) is 34.9 Å². The molecule has 0 spiro atoms. The van der Waals surface area contributed by atoms with Crippen molar-refractivity contribution < 1.29 is 4.79 Å². The normalized spacial score (nSPS) is 17.7. The van der Waals surface area contributed by atoms with Gasteiger partial charge < -0.3 is 15.2 Å². The second-order valence-corrected chi connectivity index (χ2v) is 4.38. The van der Waals surface area contributed by atoms with Gasteiger partial charge in [0, 0.05) is 45.0 Å². The molecule has 88 valence electrons. The summed E-state index contributed by atoms with van der Waals surface area (Å²) < 4.78 is 0. The van der Waals surface area contributed by atoms with Gasteiger partial charge in [-0.05, 0) is 24.5 Å². The van der Waals surface area contributed by atoms with E-state index in [4.69, 9.17) is 0 Å². The number of carbonyl (C=O) groups excluding carboxylic acids is 1. The van der Waals surface area contributed by atoms with Crippen molar-refractivity contribution in [1.82, 2.24) is 15.2 Å². The summed E-state index contributed by atoms with van der Waals surface area (Å²) in [6.07, 6.45) is 6.07. The van der Waals surface area contributed by atoms with Crippen LogP contribution in [0.25, 0.3) is 0 Å². The van der Waals surface area contributed by atoms with E-state index in [0.717, 1.165) is 32.5 Å². The first-order valence-electron chi connectivity index (χ1n) is 5.86. The van der Waals surface area contributed by atoms with Crippen LogP contribution >= 0.6 is 0 Å². The fraction of sp³-hybridized carbons (Fsp3) is 0.583. The number of aromatic nitrogens is 1. The van der Waals surface area contributed by atoms with E-state index in [2.05, 4.69) is 16.4 Å². The summed E-state index contributed by atoms with van der Waals surface area (Å²) in [5.74, 6) is 0.198. The molecule has 1 saturated heterocycles. The molecule has 0 radical (unpaired) electrons. The summed E-state index contributed by atoms with van der Waals surface area (Å²) in [6.45, 7) is 4.34. The maximum Gasteiger partial charge on any atom is 0.219 e. The zero-order valence-corrected chi connectivity index (χ0v) is 9.70. The van der Waals surface area contributed by atoms with Crippen LogP contribution in [0.3, 0.4) is 0 Å². The van der Waals surface area contributed by atoms with Crippen LogP contribution in [0, 0.1) is 0 Å². The minimum atomic E-state index is 0.198. The molecule has 0 aliphatic carbocycles. The Morgan fingerprint density at radius 1 is 1.56 bits per heavy atom. The van der Waals surface area contributed by atoms with Crippen molar-refractivity contribution in [3.05, 3.63) is 24.0 Å². The van der Waals surface area contributed by atoms with E-state index in [1.807, 2.05) is 17.3 Å². The predicted molar refractivity (Wildman–Crippen MR) is 62.9 cm³/mol. The zero-order valence-electron chi connectivity index (χ0n) is 9.70. The highest BCUT2D eigenvalue weighted by atomic mass is 16.2. The van der Waals surface area contributed by atoms with Crippen molar-refractivity contribution in [3.8, 4) is 0 Å². The number of hydrogen-bond donors (Lipinski definition) is 2. The predicted octanol–water partition coefficient (Wildman–Crippen LogP) is 1.12. The van der Waals surface area contributed by atoms with Crippen LogP contribution in [0.2, 0.25) is 0 Å². The molecule has 0 aromatic carbocycles. The molecule has 4 heteroatoms. The van der Waals surface area contributed by atoms with E-state index >= 15 is 0 Å². The van der Waals surface area contributed by atoms with Crippen LogP contribution in [0.4, 0.5) is 0 Å². The third-order valence-electron chi connectivity index (χ3n) is 3.20. The second kappa shape index (κ2) is 5.16. The fourth-order valence-electron chi connectivity index (χ4n) is 2.13. The van der Waals surface area contributed by atoms with Crippen LogP contribution in [-0.2, 0) is 11.3 Å². The number of hydrogen-bond acceptors (Lipinski definition) is 2. The van der Waals surface area contributed by atoms with E-state index in [1.54, 1.807) is 6.92 Å². The standard InChI is InChI=1S/C12H19N3O/c1-10(16)15-6-3-12(4-7-15)14-9-11-2-5-13-8-11/h2,5,8,12-14H,3-4,6-7,9H2,1H3. The number of nitrogens with zero attached hydrogens (tertiary/aromatic N) is 1. The van der Waals surface area contributed by atoms with Gasteiger partial charge in [0.15, 0.2) is 0 Å². The molecule has 4 nitrogen and oxygen atoms in total. The molecule has 2 rings (SSSR count). The van der Waals surface area contributed by atoms with E-state index in [0.29, 0.717) is 6.04 Å². The summed E-state index contributed by atoms with van der Waals surface area (Å²) >= 11 is 0. The van der Waals surface area contributed by atoms with Crippen LogP contribution in [0.15, 0.2) is 18.5 Å². The summed E-state index contributed by atoms with van der Waals surface area (Å²) in [7, 11) is 0. The molecule has 0 atom stereocenters. The van der Waals surface area contributed by atoms with Gasteiger partial charge in [0.2, 0.25) is 5.91 Å². The number of aromatic amines is 1. The average Bonchev–Trinajstić information content (AvgIpc) is 2.80. The average molecular weight is 221 g/mol. The van der Waals surface area contributed by atoms with Crippen molar-refractivity contribution in [1.29, 1.82) is 0 Å². The Kier molecular flexibility index (Phi) is 3.62. The molecule has 2 heterocycles. The summed E-state index contributed by atoms with van der Waals surface area (Å²) in [4.78, 5) is 16.1. The number of nitrogens with one attached hydrogen (secondary N) is 2. The van der Waals surface area contributed by atoms with Gasteiger partial charge in [-0.15, -0.1) is 0 Å². The maximum absolute atomic E-state index is 11.2. The Morgan fingerprint density at radius 3 is 2.88 bits per heavy atom. The van der Waals surface area contributed by atoms with Gasteiger partial charge in [-0.1, -0.05) is 0 Å². The lowest BCUT2D eigenvalue weighted by atomic mass is 10.0. The molecule has 1 aromatic rings. The lowest BCUT2D eigenvalue weighted by molar-refractivity contribution is -0.129. The Balaban J connectivity index is 1.71. The van der Waals surface area contributed by atoms with Crippen LogP contribution < -0.4 is 5.32 Å². The molecule has 1 aliphatic heterocycles. The molecule has 2 N–H and O–H groups in total.